The van der Waals surface area contributed by atoms with E-state index in [0.717, 1.165) is 11.1 Å². The number of hydrogen-bond donors (Lipinski definition) is 2. The average Bonchev–Trinajstić information content (AvgIpc) is 2.46. The van der Waals surface area contributed by atoms with E-state index < -0.39 is 12.0 Å². The molecule has 3 N–H and O–H groups in total. The quantitative estimate of drug-likeness (QED) is 0.740. The fourth-order valence-electron chi connectivity index (χ4n) is 2.33. The average molecular weight is 278 g/mol. The van der Waals surface area contributed by atoms with Crippen LogP contribution in [0.4, 0.5) is 0 Å². The summed E-state index contributed by atoms with van der Waals surface area (Å²) in [6, 6.07) is 6.73. The molecular weight excluding hydrogens is 260 g/mol. The highest BCUT2D eigenvalue weighted by atomic mass is 16.5. The number of nitrogens with two attached hydrogens (primary N) is 1. The van der Waals surface area contributed by atoms with Gasteiger partial charge in [0, 0.05) is 19.5 Å². The largest absolute Gasteiger partial charge is 0.480 e. The normalized spacial score (nSPS) is 17.6. The molecule has 0 saturated carbocycles. The standard InChI is InChI=1S/C14H18N2O4/c15-5-6-20-9-13(17)16-8-11-4-2-1-3-10(11)7-12(16)14(18)19/h1-4,12H,5-9,15H2,(H,18,19). The smallest absolute Gasteiger partial charge is 0.326 e. The zero-order valence-corrected chi connectivity index (χ0v) is 11.1. The lowest BCUT2D eigenvalue weighted by molar-refractivity contribution is -0.153. The van der Waals surface area contributed by atoms with Gasteiger partial charge in [0.05, 0.1) is 6.61 Å². The number of amides is 1. The Bertz CT molecular complexity index is 504. The fourth-order valence-corrected chi connectivity index (χ4v) is 2.33. The van der Waals surface area contributed by atoms with Crippen molar-refractivity contribution in [1.82, 2.24) is 4.90 Å². The molecule has 0 fully saturated rings. The Hall–Kier alpha value is -1.92. The SMILES string of the molecule is NCCOCC(=O)N1Cc2ccccc2CC1C(=O)O. The van der Waals surface area contributed by atoms with Gasteiger partial charge in [0.1, 0.15) is 12.6 Å². The van der Waals surface area contributed by atoms with Crippen LogP contribution in [0.15, 0.2) is 24.3 Å². The summed E-state index contributed by atoms with van der Waals surface area (Å²) < 4.78 is 5.10. The van der Waals surface area contributed by atoms with Crippen LogP contribution in [0.3, 0.4) is 0 Å². The highest BCUT2D eigenvalue weighted by molar-refractivity contribution is 5.85. The van der Waals surface area contributed by atoms with Gasteiger partial charge in [-0.1, -0.05) is 24.3 Å². The first kappa shape index (κ1) is 14.5. The van der Waals surface area contributed by atoms with Gasteiger partial charge >= 0.3 is 5.97 Å². The maximum atomic E-state index is 12.1. The molecule has 0 saturated heterocycles. The Kier molecular flexibility index (Phi) is 4.70. The molecule has 1 amide bonds. The zero-order valence-electron chi connectivity index (χ0n) is 11.1. The maximum Gasteiger partial charge on any atom is 0.326 e. The number of hydrogen-bond acceptors (Lipinski definition) is 4. The van der Waals surface area contributed by atoms with Crippen molar-refractivity contribution < 1.29 is 19.4 Å². The van der Waals surface area contributed by atoms with E-state index in [1.165, 1.54) is 4.90 Å². The van der Waals surface area contributed by atoms with Crippen molar-refractivity contribution in [2.45, 2.75) is 19.0 Å². The lowest BCUT2D eigenvalue weighted by Crippen LogP contribution is -2.49. The number of carbonyl (C=O) groups is 2. The van der Waals surface area contributed by atoms with Gasteiger partial charge in [-0.25, -0.2) is 4.79 Å². The number of ether oxygens (including phenoxy) is 1. The number of aliphatic carboxylic acids is 1. The Labute approximate surface area is 117 Å². The van der Waals surface area contributed by atoms with Crippen molar-refractivity contribution >= 4 is 11.9 Å². The monoisotopic (exact) mass is 278 g/mol. The van der Waals surface area contributed by atoms with Crippen LogP contribution < -0.4 is 5.73 Å². The lowest BCUT2D eigenvalue weighted by atomic mass is 9.94. The maximum absolute atomic E-state index is 12.1. The van der Waals surface area contributed by atoms with Gasteiger partial charge in [0.15, 0.2) is 0 Å². The first-order chi connectivity index (χ1) is 9.63. The second-order valence-electron chi connectivity index (χ2n) is 4.69. The second kappa shape index (κ2) is 6.49. The molecule has 6 heteroatoms. The Morgan fingerprint density at radius 1 is 1.35 bits per heavy atom. The van der Waals surface area contributed by atoms with E-state index in [9.17, 15) is 14.7 Å². The third-order valence-electron chi connectivity index (χ3n) is 3.34. The molecule has 1 aromatic rings. The van der Waals surface area contributed by atoms with E-state index in [2.05, 4.69) is 0 Å². The Balaban J connectivity index is 2.13. The summed E-state index contributed by atoms with van der Waals surface area (Å²) in [4.78, 5) is 24.8. The van der Waals surface area contributed by atoms with Gasteiger partial charge in [0.2, 0.25) is 5.91 Å². The summed E-state index contributed by atoms with van der Waals surface area (Å²) in [6.07, 6.45) is 0.328. The molecule has 2 rings (SSSR count). The van der Waals surface area contributed by atoms with Crippen LogP contribution in [0, 0.1) is 0 Å². The number of carbonyl (C=O) groups excluding carboxylic acids is 1. The number of carboxylic acids is 1. The predicted molar refractivity (Wildman–Crippen MR) is 72.0 cm³/mol. The topological polar surface area (TPSA) is 92.9 Å². The van der Waals surface area contributed by atoms with E-state index in [-0.39, 0.29) is 19.1 Å². The van der Waals surface area contributed by atoms with E-state index in [0.29, 0.717) is 19.5 Å². The summed E-state index contributed by atoms with van der Waals surface area (Å²) in [5.74, 6) is -1.31. The molecule has 1 aromatic carbocycles. The number of nitrogens with zero attached hydrogens (tertiary/aromatic N) is 1. The van der Waals surface area contributed by atoms with Crippen LogP contribution in [0.2, 0.25) is 0 Å². The fraction of sp³-hybridized carbons (Fsp3) is 0.429. The molecule has 0 radical (unpaired) electrons. The van der Waals surface area contributed by atoms with Gasteiger partial charge in [-0.2, -0.15) is 0 Å². The summed E-state index contributed by atoms with van der Waals surface area (Å²) in [7, 11) is 0. The minimum absolute atomic E-state index is 0.136. The van der Waals surface area contributed by atoms with Gasteiger partial charge in [-0.3, -0.25) is 4.79 Å². The lowest BCUT2D eigenvalue weighted by Gasteiger charge is -2.34. The van der Waals surface area contributed by atoms with Gasteiger partial charge in [0.25, 0.3) is 0 Å². The van der Waals surface area contributed by atoms with Crippen LogP contribution >= 0.6 is 0 Å². The summed E-state index contributed by atoms with van der Waals surface area (Å²) in [6.45, 7) is 0.785. The molecule has 0 spiro atoms. The minimum atomic E-state index is -0.994. The molecule has 108 valence electrons. The first-order valence-electron chi connectivity index (χ1n) is 6.50. The molecule has 20 heavy (non-hydrogen) atoms. The zero-order chi connectivity index (χ0) is 14.5. The molecule has 1 unspecified atom stereocenters. The van der Waals surface area contributed by atoms with Gasteiger partial charge < -0.3 is 20.5 Å². The van der Waals surface area contributed by atoms with Crippen LogP contribution in [0.5, 0.6) is 0 Å². The minimum Gasteiger partial charge on any atom is -0.480 e. The molecule has 1 atom stereocenters. The molecule has 0 aliphatic carbocycles. The summed E-state index contributed by atoms with van der Waals surface area (Å²) in [5.41, 5.74) is 7.25. The Morgan fingerprint density at radius 2 is 2.05 bits per heavy atom. The van der Waals surface area contributed by atoms with Gasteiger partial charge in [-0.05, 0) is 11.1 Å². The number of benzene rings is 1. The highest BCUT2D eigenvalue weighted by Gasteiger charge is 2.34. The molecule has 1 aliphatic heterocycles. The highest BCUT2D eigenvalue weighted by Crippen LogP contribution is 2.23. The van der Waals surface area contributed by atoms with Crippen LogP contribution in [-0.4, -0.2) is 47.7 Å². The van der Waals surface area contributed by atoms with Crippen molar-refractivity contribution in [3.05, 3.63) is 35.4 Å². The van der Waals surface area contributed by atoms with Crippen molar-refractivity contribution in [2.24, 2.45) is 5.73 Å². The molecule has 6 nitrogen and oxygen atoms in total. The molecule has 1 heterocycles. The summed E-state index contributed by atoms with van der Waals surface area (Å²) >= 11 is 0. The number of rotatable bonds is 5. The third-order valence-corrected chi connectivity index (χ3v) is 3.34. The van der Waals surface area contributed by atoms with Gasteiger partial charge in [-0.15, -0.1) is 0 Å². The predicted octanol–water partition coefficient (Wildman–Crippen LogP) is -0.000200. The first-order valence-corrected chi connectivity index (χ1v) is 6.50. The van der Waals surface area contributed by atoms with E-state index in [1.54, 1.807) is 0 Å². The molecule has 0 bridgehead atoms. The summed E-state index contributed by atoms with van der Waals surface area (Å²) in [5, 5.41) is 9.30. The molecular formula is C14H18N2O4. The van der Waals surface area contributed by atoms with Crippen molar-refractivity contribution in [3.63, 3.8) is 0 Å². The number of carboxylic acid groups (broad SMARTS) is 1. The van der Waals surface area contributed by atoms with Crippen molar-refractivity contribution in [2.75, 3.05) is 19.8 Å². The molecule has 0 aromatic heterocycles. The van der Waals surface area contributed by atoms with E-state index in [4.69, 9.17) is 10.5 Å². The van der Waals surface area contributed by atoms with E-state index in [1.807, 2.05) is 24.3 Å². The van der Waals surface area contributed by atoms with E-state index >= 15 is 0 Å². The third kappa shape index (κ3) is 3.15. The second-order valence-corrected chi connectivity index (χ2v) is 4.69. The number of fused-ring (bicyclic) bond motifs is 1. The van der Waals surface area contributed by atoms with Crippen LogP contribution in [-0.2, 0) is 27.3 Å². The van der Waals surface area contributed by atoms with Crippen molar-refractivity contribution in [3.8, 4) is 0 Å². The van der Waals surface area contributed by atoms with Crippen molar-refractivity contribution in [1.29, 1.82) is 0 Å². The Morgan fingerprint density at radius 3 is 2.70 bits per heavy atom. The van der Waals surface area contributed by atoms with Crippen LogP contribution in [0.25, 0.3) is 0 Å². The van der Waals surface area contributed by atoms with Crippen LogP contribution in [0.1, 0.15) is 11.1 Å². The molecule has 1 aliphatic rings.